The second-order valence-electron chi connectivity index (χ2n) is 8.37. The van der Waals surface area contributed by atoms with Gasteiger partial charge in [-0.2, -0.15) is 0 Å². The van der Waals surface area contributed by atoms with Gasteiger partial charge >= 0.3 is 0 Å². The molecule has 1 atom stereocenters. The molecule has 0 saturated carbocycles. The lowest BCUT2D eigenvalue weighted by Gasteiger charge is -2.17. The molecule has 1 unspecified atom stereocenters. The van der Waals surface area contributed by atoms with E-state index in [1.54, 1.807) is 11.8 Å². The predicted octanol–water partition coefficient (Wildman–Crippen LogP) is 3.19. The van der Waals surface area contributed by atoms with Crippen LogP contribution in [0.3, 0.4) is 0 Å². The Morgan fingerprint density at radius 3 is 2.52 bits per heavy atom. The molecule has 8 heteroatoms. The topological polar surface area (TPSA) is 87.4 Å². The van der Waals surface area contributed by atoms with Crippen LogP contribution in [0, 0.1) is 17.8 Å². The van der Waals surface area contributed by atoms with Gasteiger partial charge in [-0.15, -0.1) is 10.2 Å². The number of hydrogen-bond donors (Lipinski definition) is 3. The number of aliphatic hydroxyl groups excluding tert-OH is 1. The van der Waals surface area contributed by atoms with Crippen LogP contribution in [0.15, 0.2) is 10.1 Å². The highest BCUT2D eigenvalue weighted by Gasteiger charge is 2.13. The van der Waals surface area contributed by atoms with Gasteiger partial charge in [-0.25, -0.2) is 0 Å². The van der Waals surface area contributed by atoms with Gasteiger partial charge in [0, 0.05) is 39.2 Å². The average molecular weight is 427 g/mol. The zero-order valence-corrected chi connectivity index (χ0v) is 20.1. The van der Waals surface area contributed by atoms with Gasteiger partial charge in [-0.05, 0) is 50.2 Å². The molecule has 7 nitrogen and oxygen atoms in total. The summed E-state index contributed by atoms with van der Waals surface area (Å²) in [5, 5.41) is 25.8. The SMILES string of the molecule is CCNC(=NCC(CCO)CC(C)C)NCCCc1nnc(SC)n1CC(C)C. The first-order chi connectivity index (χ1) is 13.9. The lowest BCUT2D eigenvalue weighted by atomic mass is 9.94. The number of hydrogen-bond acceptors (Lipinski definition) is 5. The van der Waals surface area contributed by atoms with Crippen molar-refractivity contribution in [1.82, 2.24) is 25.4 Å². The van der Waals surface area contributed by atoms with Crippen molar-refractivity contribution in [2.24, 2.45) is 22.7 Å². The van der Waals surface area contributed by atoms with Gasteiger partial charge in [0.05, 0.1) is 0 Å². The number of aliphatic hydroxyl groups is 1. The van der Waals surface area contributed by atoms with Crippen LogP contribution in [-0.2, 0) is 13.0 Å². The molecule has 0 saturated heterocycles. The van der Waals surface area contributed by atoms with Crippen LogP contribution in [0.5, 0.6) is 0 Å². The number of nitrogens with zero attached hydrogens (tertiary/aromatic N) is 4. The van der Waals surface area contributed by atoms with Crippen LogP contribution in [-0.4, -0.2) is 58.3 Å². The van der Waals surface area contributed by atoms with Crippen LogP contribution in [0.25, 0.3) is 0 Å². The van der Waals surface area contributed by atoms with Crippen LogP contribution in [0.2, 0.25) is 0 Å². The number of nitrogens with one attached hydrogen (secondary N) is 2. The lowest BCUT2D eigenvalue weighted by molar-refractivity contribution is 0.245. The molecule has 0 radical (unpaired) electrons. The van der Waals surface area contributed by atoms with E-state index in [9.17, 15) is 5.11 Å². The van der Waals surface area contributed by atoms with E-state index in [0.29, 0.717) is 17.8 Å². The summed E-state index contributed by atoms with van der Waals surface area (Å²) < 4.78 is 2.25. The predicted molar refractivity (Wildman–Crippen MR) is 124 cm³/mol. The second kappa shape index (κ2) is 14.7. The average Bonchev–Trinajstić information content (AvgIpc) is 3.03. The molecule has 0 aliphatic heterocycles. The summed E-state index contributed by atoms with van der Waals surface area (Å²) in [6, 6.07) is 0. The Kier molecular flexibility index (Phi) is 13.0. The second-order valence-corrected chi connectivity index (χ2v) is 9.14. The van der Waals surface area contributed by atoms with Crippen LogP contribution >= 0.6 is 11.8 Å². The van der Waals surface area contributed by atoms with E-state index in [1.165, 1.54) is 0 Å². The number of aliphatic imine (C=N–C) groups is 1. The largest absolute Gasteiger partial charge is 0.396 e. The fourth-order valence-corrected chi connectivity index (χ4v) is 3.87. The fraction of sp³-hybridized carbons (Fsp3) is 0.857. The molecule has 29 heavy (non-hydrogen) atoms. The molecule has 0 amide bonds. The molecule has 1 aromatic heterocycles. The fourth-order valence-electron chi connectivity index (χ4n) is 3.35. The highest BCUT2D eigenvalue weighted by molar-refractivity contribution is 7.98. The summed E-state index contributed by atoms with van der Waals surface area (Å²) >= 11 is 1.65. The van der Waals surface area contributed by atoms with Crippen LogP contribution in [0.4, 0.5) is 0 Å². The number of aromatic nitrogens is 3. The van der Waals surface area contributed by atoms with Crippen molar-refractivity contribution >= 4 is 17.7 Å². The molecule has 0 aromatic carbocycles. The van der Waals surface area contributed by atoms with Gasteiger partial charge in [0.2, 0.25) is 0 Å². The van der Waals surface area contributed by atoms with Gasteiger partial charge in [-0.1, -0.05) is 39.5 Å². The minimum atomic E-state index is 0.228. The van der Waals surface area contributed by atoms with E-state index in [0.717, 1.165) is 68.8 Å². The molecule has 0 bridgehead atoms. The number of rotatable bonds is 14. The molecular weight excluding hydrogens is 384 g/mol. The summed E-state index contributed by atoms with van der Waals surface area (Å²) in [5.41, 5.74) is 0. The van der Waals surface area contributed by atoms with Crippen molar-refractivity contribution in [3.05, 3.63) is 5.82 Å². The van der Waals surface area contributed by atoms with Gasteiger partial charge in [0.1, 0.15) is 5.82 Å². The third-order valence-electron chi connectivity index (χ3n) is 4.59. The molecular formula is C21H42N6OS. The van der Waals surface area contributed by atoms with Gasteiger partial charge in [0.25, 0.3) is 0 Å². The summed E-state index contributed by atoms with van der Waals surface area (Å²) in [4.78, 5) is 4.75. The molecule has 3 N–H and O–H groups in total. The molecule has 1 rings (SSSR count). The summed E-state index contributed by atoms with van der Waals surface area (Å²) in [5.74, 6) is 3.53. The Morgan fingerprint density at radius 1 is 1.17 bits per heavy atom. The Morgan fingerprint density at radius 2 is 1.93 bits per heavy atom. The van der Waals surface area contributed by atoms with Crippen molar-refractivity contribution in [2.45, 2.75) is 72.0 Å². The number of thioether (sulfide) groups is 1. The normalized spacial score (nSPS) is 13.3. The maximum absolute atomic E-state index is 9.30. The highest BCUT2D eigenvalue weighted by atomic mass is 32.2. The van der Waals surface area contributed by atoms with E-state index in [4.69, 9.17) is 4.99 Å². The van der Waals surface area contributed by atoms with Crippen molar-refractivity contribution in [2.75, 3.05) is 32.5 Å². The molecule has 1 heterocycles. The third-order valence-corrected chi connectivity index (χ3v) is 5.25. The minimum Gasteiger partial charge on any atom is -0.396 e. The van der Waals surface area contributed by atoms with E-state index in [2.05, 4.69) is 66.3 Å². The van der Waals surface area contributed by atoms with E-state index < -0.39 is 0 Å². The van der Waals surface area contributed by atoms with Crippen LogP contribution < -0.4 is 10.6 Å². The zero-order chi connectivity index (χ0) is 21.6. The molecule has 0 fully saturated rings. The maximum atomic E-state index is 9.30. The summed E-state index contributed by atoms with van der Waals surface area (Å²) in [6.45, 7) is 14.6. The van der Waals surface area contributed by atoms with E-state index in [1.807, 2.05) is 0 Å². The number of aryl methyl sites for hydroxylation is 1. The molecule has 0 aliphatic rings. The third kappa shape index (κ3) is 10.3. The summed E-state index contributed by atoms with van der Waals surface area (Å²) in [7, 11) is 0. The van der Waals surface area contributed by atoms with Gasteiger partial charge in [0.15, 0.2) is 11.1 Å². The minimum absolute atomic E-state index is 0.228. The van der Waals surface area contributed by atoms with E-state index >= 15 is 0 Å². The number of guanidine groups is 1. The Bertz CT molecular complexity index is 588. The molecule has 0 aliphatic carbocycles. The van der Waals surface area contributed by atoms with Crippen molar-refractivity contribution in [3.8, 4) is 0 Å². The standard InChI is InChI=1S/C21H42N6OS/c1-7-22-20(24-14-18(10-12-28)13-16(2)3)23-11-8-9-19-25-26-21(29-6)27(19)15-17(4)5/h16-18,28H,7-15H2,1-6H3,(H2,22,23,24). The Labute approximate surface area is 181 Å². The highest BCUT2D eigenvalue weighted by Crippen LogP contribution is 2.17. The Balaban J connectivity index is 2.57. The van der Waals surface area contributed by atoms with E-state index in [-0.39, 0.29) is 6.61 Å². The van der Waals surface area contributed by atoms with Gasteiger partial charge in [-0.3, -0.25) is 4.99 Å². The molecule has 0 spiro atoms. The zero-order valence-electron chi connectivity index (χ0n) is 19.2. The summed E-state index contributed by atoms with van der Waals surface area (Å²) in [6.07, 6.45) is 5.82. The quantitative estimate of drug-likeness (QED) is 0.183. The Hall–Kier alpha value is -1.28. The molecule has 168 valence electrons. The maximum Gasteiger partial charge on any atom is 0.191 e. The van der Waals surface area contributed by atoms with Crippen molar-refractivity contribution in [3.63, 3.8) is 0 Å². The van der Waals surface area contributed by atoms with Crippen molar-refractivity contribution < 1.29 is 5.11 Å². The first-order valence-corrected chi connectivity index (χ1v) is 12.2. The first-order valence-electron chi connectivity index (χ1n) is 11.0. The van der Waals surface area contributed by atoms with Gasteiger partial charge < -0.3 is 20.3 Å². The molecule has 1 aromatic rings. The van der Waals surface area contributed by atoms with Crippen LogP contribution in [0.1, 0.15) is 59.7 Å². The monoisotopic (exact) mass is 426 g/mol. The smallest absolute Gasteiger partial charge is 0.191 e. The van der Waals surface area contributed by atoms with Crippen molar-refractivity contribution in [1.29, 1.82) is 0 Å². The first kappa shape index (κ1) is 25.8. The lowest BCUT2D eigenvalue weighted by Crippen LogP contribution is -2.38.